The van der Waals surface area contributed by atoms with Gasteiger partial charge in [-0.3, -0.25) is 9.97 Å². The number of rotatable bonds is 4. The van der Waals surface area contributed by atoms with E-state index in [4.69, 9.17) is 5.73 Å². The van der Waals surface area contributed by atoms with Crippen molar-refractivity contribution < 1.29 is 17.6 Å². The average Bonchev–Trinajstić information content (AvgIpc) is 3.46. The fourth-order valence-electron chi connectivity index (χ4n) is 4.61. The molecule has 5 heterocycles. The Morgan fingerprint density at radius 3 is 2.52 bits per heavy atom. The van der Waals surface area contributed by atoms with Gasteiger partial charge in [0.15, 0.2) is 5.82 Å². The van der Waals surface area contributed by atoms with Crippen LogP contribution in [0.2, 0.25) is 0 Å². The van der Waals surface area contributed by atoms with Crippen molar-refractivity contribution in [1.29, 1.82) is 0 Å². The van der Waals surface area contributed by atoms with Crippen LogP contribution >= 0.6 is 0 Å². The van der Waals surface area contributed by atoms with Gasteiger partial charge < -0.3 is 16.0 Å². The molecule has 0 unspecified atom stereocenters. The number of halogens is 4. The fourth-order valence-corrected chi connectivity index (χ4v) is 4.61. The van der Waals surface area contributed by atoms with E-state index in [0.717, 1.165) is 31.8 Å². The lowest BCUT2D eigenvalue weighted by atomic mass is 10.0. The maximum absolute atomic E-state index is 14.9. The van der Waals surface area contributed by atoms with Crippen molar-refractivity contribution in [3.8, 4) is 23.2 Å². The third-order valence-electron chi connectivity index (χ3n) is 6.58. The van der Waals surface area contributed by atoms with Crippen molar-refractivity contribution in [2.45, 2.75) is 25.2 Å². The zero-order valence-electron chi connectivity index (χ0n) is 21.8. The van der Waals surface area contributed by atoms with Gasteiger partial charge in [0.2, 0.25) is 0 Å². The Labute approximate surface area is 236 Å². The van der Waals surface area contributed by atoms with Crippen LogP contribution in [-0.2, 0) is 6.30 Å². The normalized spacial score (nSPS) is 15.4. The van der Waals surface area contributed by atoms with Crippen molar-refractivity contribution in [1.82, 2.24) is 34.7 Å². The number of alkyl halides is 3. The highest BCUT2D eigenvalue weighted by Gasteiger charge is 2.31. The first kappa shape index (κ1) is 27.0. The first-order valence-electron chi connectivity index (χ1n) is 12.9. The number of nitrogens with two attached hydrogens (primary N) is 1. The lowest BCUT2D eigenvalue weighted by Crippen LogP contribution is -2.43. The van der Waals surface area contributed by atoms with Gasteiger partial charge in [-0.2, -0.15) is 9.78 Å². The Hall–Kier alpha value is -5.16. The molecule has 1 atom stereocenters. The highest BCUT2D eigenvalue weighted by molar-refractivity contribution is 5.80. The Bertz CT molecular complexity index is 1830. The van der Waals surface area contributed by atoms with Crippen molar-refractivity contribution in [3.05, 3.63) is 78.4 Å². The largest absolute Gasteiger partial charge is 0.504 e. The smallest absolute Gasteiger partial charge is 0.369 e. The molecule has 1 aliphatic rings. The first-order valence-corrected chi connectivity index (χ1v) is 12.9. The van der Waals surface area contributed by atoms with Crippen LogP contribution in [-0.4, -0.2) is 53.8 Å². The molecule has 1 aromatic carbocycles. The van der Waals surface area contributed by atoms with E-state index < -0.39 is 12.1 Å². The van der Waals surface area contributed by atoms with Gasteiger partial charge in [0.25, 0.3) is 0 Å². The predicted molar refractivity (Wildman–Crippen MR) is 147 cm³/mol. The summed E-state index contributed by atoms with van der Waals surface area (Å²) < 4.78 is 53.5. The van der Waals surface area contributed by atoms with Crippen LogP contribution in [0.25, 0.3) is 22.4 Å². The second-order valence-corrected chi connectivity index (χ2v) is 9.59. The van der Waals surface area contributed by atoms with Gasteiger partial charge >= 0.3 is 6.30 Å². The van der Waals surface area contributed by atoms with Crippen molar-refractivity contribution in [3.63, 3.8) is 0 Å². The molecule has 1 aliphatic heterocycles. The molecule has 4 aromatic heterocycles. The summed E-state index contributed by atoms with van der Waals surface area (Å²) in [7, 11) is 0. The maximum Gasteiger partial charge on any atom is 0.504 e. The van der Waals surface area contributed by atoms with Gasteiger partial charge in [0.1, 0.15) is 17.5 Å². The number of benzene rings is 1. The number of hydrogen-bond donors (Lipinski definition) is 2. The molecule has 10 nitrogen and oxygen atoms in total. The number of hydrogen-bond acceptors (Lipinski definition) is 9. The summed E-state index contributed by atoms with van der Waals surface area (Å²) in [5.41, 5.74) is 8.64. The molecule has 0 bridgehead atoms. The molecule has 0 radical (unpaired) electrons. The molecule has 3 N–H and O–H groups in total. The molecule has 0 aliphatic carbocycles. The van der Waals surface area contributed by atoms with E-state index in [2.05, 4.69) is 52.1 Å². The Morgan fingerprint density at radius 2 is 1.76 bits per heavy atom. The molecule has 0 amide bonds. The van der Waals surface area contributed by atoms with E-state index in [-0.39, 0.29) is 27.7 Å². The SMILES string of the molecule is N[C@H]1CCCN(c2cc(Nc3ccnc(-c4cc5nccnc5cc4F)n3)ncc2C#Cc2cnn(C(F)(F)F)c2)C1. The van der Waals surface area contributed by atoms with Gasteiger partial charge in [0.05, 0.1) is 39.6 Å². The van der Waals surface area contributed by atoms with Crippen molar-refractivity contribution in [2.75, 3.05) is 23.3 Å². The van der Waals surface area contributed by atoms with E-state index in [0.29, 0.717) is 40.5 Å². The second kappa shape index (κ2) is 11.0. The fraction of sp³-hybridized carbons (Fsp3) is 0.214. The summed E-state index contributed by atoms with van der Waals surface area (Å²) in [6, 6.07) is 6.17. The lowest BCUT2D eigenvalue weighted by Gasteiger charge is -2.33. The standard InChI is InChI=1S/C28H22F4N10/c29-21-11-23-22(34-7-8-35-23)10-20(21)27-36-6-5-25(40-27)39-26-12-24(41-9-1-2-19(33)16-41)18(14-37-26)4-3-17-13-38-42(15-17)28(30,31)32/h5-8,10-15,19H,1-2,9,16,33H2,(H,36,37,39,40)/t19-/m0/s1. The summed E-state index contributed by atoms with van der Waals surface area (Å²) in [6.45, 7) is 1.30. The minimum Gasteiger partial charge on any atom is -0.369 e. The quantitative estimate of drug-likeness (QED) is 0.238. The summed E-state index contributed by atoms with van der Waals surface area (Å²) >= 11 is 0. The molecule has 0 saturated carbocycles. The van der Waals surface area contributed by atoms with E-state index in [9.17, 15) is 17.6 Å². The number of anilines is 3. The average molecular weight is 575 g/mol. The van der Waals surface area contributed by atoms with E-state index in [1.807, 2.05) is 0 Å². The van der Waals surface area contributed by atoms with Crippen molar-refractivity contribution >= 4 is 28.4 Å². The number of piperidine rings is 1. The first-order chi connectivity index (χ1) is 20.2. The Balaban J connectivity index is 1.31. The molecule has 1 fully saturated rings. The third-order valence-corrected chi connectivity index (χ3v) is 6.58. The van der Waals surface area contributed by atoms with E-state index >= 15 is 0 Å². The van der Waals surface area contributed by atoms with Crippen LogP contribution in [0.15, 0.2) is 61.4 Å². The summed E-state index contributed by atoms with van der Waals surface area (Å²) in [5, 5.41) is 6.45. The number of pyridine rings is 1. The minimum atomic E-state index is -4.63. The number of aromatic nitrogens is 7. The Kier molecular flexibility index (Phi) is 7.09. The van der Waals surface area contributed by atoms with Crippen LogP contribution < -0.4 is 16.0 Å². The van der Waals surface area contributed by atoms with Crippen LogP contribution in [0.1, 0.15) is 24.0 Å². The maximum atomic E-state index is 14.9. The van der Waals surface area contributed by atoms with Crippen molar-refractivity contribution in [2.24, 2.45) is 5.73 Å². The van der Waals surface area contributed by atoms with Gasteiger partial charge in [-0.1, -0.05) is 11.8 Å². The van der Waals surface area contributed by atoms with Gasteiger partial charge in [-0.25, -0.2) is 19.3 Å². The molecule has 5 aromatic rings. The van der Waals surface area contributed by atoms with Gasteiger partial charge in [0, 0.05) is 62.2 Å². The molecular formula is C28H22F4N10. The summed E-state index contributed by atoms with van der Waals surface area (Å²) in [5.74, 6) is 6.07. The van der Waals surface area contributed by atoms with Crippen LogP contribution in [0, 0.1) is 17.7 Å². The molecule has 6 rings (SSSR count). The monoisotopic (exact) mass is 574 g/mol. The van der Waals surface area contributed by atoms with Crippen LogP contribution in [0.4, 0.5) is 34.9 Å². The molecule has 212 valence electrons. The molecule has 14 heteroatoms. The number of nitrogens with one attached hydrogen (secondary N) is 1. The lowest BCUT2D eigenvalue weighted by molar-refractivity contribution is -0.212. The van der Waals surface area contributed by atoms with Crippen LogP contribution in [0.5, 0.6) is 0 Å². The third kappa shape index (κ3) is 5.81. The molecule has 42 heavy (non-hydrogen) atoms. The topological polar surface area (TPSA) is 124 Å². The zero-order valence-corrected chi connectivity index (χ0v) is 21.8. The molecular weight excluding hydrogens is 552 g/mol. The molecule has 0 spiro atoms. The van der Waals surface area contributed by atoms with Crippen LogP contribution in [0.3, 0.4) is 0 Å². The molecule has 1 saturated heterocycles. The highest BCUT2D eigenvalue weighted by Crippen LogP contribution is 2.29. The number of nitrogens with zero attached hydrogens (tertiary/aromatic N) is 8. The minimum absolute atomic E-state index is 0.0416. The van der Waals surface area contributed by atoms with Gasteiger partial charge in [-0.05, 0) is 25.0 Å². The Morgan fingerprint density at radius 1 is 0.952 bits per heavy atom. The summed E-state index contributed by atoms with van der Waals surface area (Å²) in [6.07, 6.45) is 5.03. The van der Waals surface area contributed by atoms with E-state index in [1.54, 1.807) is 18.2 Å². The van der Waals surface area contributed by atoms with E-state index in [1.165, 1.54) is 30.9 Å². The highest BCUT2D eigenvalue weighted by atomic mass is 19.4. The summed E-state index contributed by atoms with van der Waals surface area (Å²) in [4.78, 5) is 23.5. The van der Waals surface area contributed by atoms with Gasteiger partial charge in [-0.15, -0.1) is 13.2 Å². The predicted octanol–water partition coefficient (Wildman–Crippen LogP) is 4.36. The second-order valence-electron chi connectivity index (χ2n) is 9.59. The number of fused-ring (bicyclic) bond motifs is 1. The zero-order chi connectivity index (χ0) is 29.3.